The predicted octanol–water partition coefficient (Wildman–Crippen LogP) is 3.98. The molecule has 0 amide bonds. The average molecular weight is 324 g/mol. The van der Waals surface area contributed by atoms with Gasteiger partial charge in [-0.3, -0.25) is 4.79 Å². The largest absolute Gasteiger partial charge is 0.481 e. The maximum Gasteiger partial charge on any atom is 0.305 e. The number of nitrogens with zero attached hydrogens (tertiary/aromatic N) is 2. The van der Waals surface area contributed by atoms with E-state index in [1.165, 1.54) is 17.0 Å². The van der Waals surface area contributed by atoms with Crippen LogP contribution in [0.1, 0.15) is 58.0 Å². The molecule has 1 unspecified atom stereocenters. The van der Waals surface area contributed by atoms with Crippen molar-refractivity contribution < 1.29 is 9.90 Å². The van der Waals surface area contributed by atoms with Gasteiger partial charge in [0, 0.05) is 17.5 Å². The van der Waals surface area contributed by atoms with Gasteiger partial charge in [-0.1, -0.05) is 20.8 Å². The molecule has 1 aromatic heterocycles. The predicted molar refractivity (Wildman–Crippen MR) is 91.8 cm³/mol. The van der Waals surface area contributed by atoms with Crippen LogP contribution in [0.15, 0.2) is 0 Å². The zero-order valence-electron chi connectivity index (χ0n) is 14.3. The van der Waals surface area contributed by atoms with Crippen LogP contribution in [0.2, 0.25) is 0 Å². The van der Waals surface area contributed by atoms with E-state index in [2.05, 4.69) is 39.5 Å². The van der Waals surface area contributed by atoms with Gasteiger partial charge in [0.1, 0.15) is 0 Å². The fourth-order valence-electron chi connectivity index (χ4n) is 3.01. The standard InChI is InChI=1S/C17H28N2O2S/c1-11(2)19(9-8-15(20)21)16-18-13-7-6-12(17(3,4)5)10-14(13)22-16/h11-12H,6-10H2,1-5H3,(H,20,21). The van der Waals surface area contributed by atoms with Crippen LogP contribution >= 0.6 is 11.3 Å². The number of carboxylic acid groups (broad SMARTS) is 1. The first-order valence-corrected chi connectivity index (χ1v) is 8.97. The van der Waals surface area contributed by atoms with Gasteiger partial charge in [-0.25, -0.2) is 4.98 Å². The van der Waals surface area contributed by atoms with E-state index in [9.17, 15) is 4.79 Å². The summed E-state index contributed by atoms with van der Waals surface area (Å²) in [5.41, 5.74) is 1.57. The Labute approximate surface area is 137 Å². The quantitative estimate of drug-likeness (QED) is 0.890. The summed E-state index contributed by atoms with van der Waals surface area (Å²) in [7, 11) is 0. The van der Waals surface area contributed by atoms with Crippen molar-refractivity contribution in [3.05, 3.63) is 10.6 Å². The number of aliphatic carboxylic acids is 1. The van der Waals surface area contributed by atoms with Crippen molar-refractivity contribution in [2.45, 2.75) is 66.3 Å². The molecule has 124 valence electrons. The minimum atomic E-state index is -0.750. The average Bonchev–Trinajstić information content (AvgIpc) is 2.79. The van der Waals surface area contributed by atoms with Crippen molar-refractivity contribution >= 4 is 22.4 Å². The SMILES string of the molecule is CC(C)N(CCC(=O)O)c1nc2c(s1)CC(C(C)(C)C)CC2. The summed E-state index contributed by atoms with van der Waals surface area (Å²) in [5.74, 6) is -0.0421. The van der Waals surface area contributed by atoms with Crippen LogP contribution in [-0.4, -0.2) is 28.6 Å². The third-order valence-corrected chi connectivity index (χ3v) is 5.75. The molecule has 0 aliphatic heterocycles. The normalized spacial score (nSPS) is 18.4. The lowest BCUT2D eigenvalue weighted by atomic mass is 9.73. The summed E-state index contributed by atoms with van der Waals surface area (Å²) in [6.07, 6.45) is 3.53. The number of carbonyl (C=O) groups is 1. The Morgan fingerprint density at radius 3 is 2.68 bits per heavy atom. The molecule has 1 aliphatic carbocycles. The number of hydrogen-bond donors (Lipinski definition) is 1. The summed E-state index contributed by atoms with van der Waals surface area (Å²) in [5, 5.41) is 9.93. The van der Waals surface area contributed by atoms with Crippen LogP contribution in [0.3, 0.4) is 0 Å². The summed E-state index contributed by atoms with van der Waals surface area (Å²) in [6.45, 7) is 11.7. The molecule has 0 radical (unpaired) electrons. The molecule has 1 aromatic rings. The van der Waals surface area contributed by atoms with Crippen molar-refractivity contribution in [3.63, 3.8) is 0 Å². The van der Waals surface area contributed by atoms with Crippen LogP contribution in [-0.2, 0) is 17.6 Å². The molecule has 1 atom stereocenters. The van der Waals surface area contributed by atoms with E-state index >= 15 is 0 Å². The van der Waals surface area contributed by atoms with E-state index in [0.29, 0.717) is 17.9 Å². The first-order valence-electron chi connectivity index (χ1n) is 8.15. The lowest BCUT2D eigenvalue weighted by molar-refractivity contribution is -0.136. The Bertz CT molecular complexity index is 531. The molecule has 1 aliphatic rings. The molecular weight excluding hydrogens is 296 g/mol. The molecule has 4 nitrogen and oxygen atoms in total. The highest BCUT2D eigenvalue weighted by Crippen LogP contribution is 2.41. The molecule has 0 aromatic carbocycles. The van der Waals surface area contributed by atoms with E-state index in [1.807, 2.05) is 0 Å². The first-order chi connectivity index (χ1) is 10.2. The van der Waals surface area contributed by atoms with Gasteiger partial charge < -0.3 is 10.0 Å². The third-order valence-electron chi connectivity index (χ3n) is 4.59. The highest BCUT2D eigenvalue weighted by Gasteiger charge is 2.31. The van der Waals surface area contributed by atoms with Crippen molar-refractivity contribution in [2.75, 3.05) is 11.4 Å². The van der Waals surface area contributed by atoms with Gasteiger partial charge in [0.2, 0.25) is 0 Å². The maximum atomic E-state index is 10.9. The molecule has 0 spiro atoms. The van der Waals surface area contributed by atoms with Crippen LogP contribution in [0.5, 0.6) is 0 Å². The Morgan fingerprint density at radius 1 is 1.45 bits per heavy atom. The second kappa shape index (κ2) is 6.57. The van der Waals surface area contributed by atoms with E-state index in [0.717, 1.165) is 18.0 Å². The summed E-state index contributed by atoms with van der Waals surface area (Å²) in [4.78, 5) is 19.2. The first kappa shape index (κ1) is 17.3. The van der Waals surface area contributed by atoms with E-state index in [1.54, 1.807) is 11.3 Å². The van der Waals surface area contributed by atoms with Crippen LogP contribution in [0.4, 0.5) is 5.13 Å². The zero-order valence-corrected chi connectivity index (χ0v) is 15.2. The highest BCUT2D eigenvalue weighted by atomic mass is 32.1. The number of aromatic nitrogens is 1. The molecule has 2 rings (SSSR count). The molecule has 1 N–H and O–H groups in total. The van der Waals surface area contributed by atoms with Crippen molar-refractivity contribution in [1.82, 2.24) is 4.98 Å². The third kappa shape index (κ3) is 4.00. The van der Waals surface area contributed by atoms with Crippen LogP contribution in [0.25, 0.3) is 0 Å². The van der Waals surface area contributed by atoms with Crippen molar-refractivity contribution in [2.24, 2.45) is 11.3 Å². The van der Waals surface area contributed by atoms with E-state index < -0.39 is 5.97 Å². The topological polar surface area (TPSA) is 53.4 Å². The molecule has 0 fully saturated rings. The molecular formula is C17H28N2O2S. The second-order valence-electron chi connectivity index (χ2n) is 7.60. The molecule has 1 heterocycles. The fourth-order valence-corrected chi connectivity index (χ4v) is 4.36. The Hall–Kier alpha value is -1.10. The second-order valence-corrected chi connectivity index (χ2v) is 8.67. The molecule has 0 saturated heterocycles. The summed E-state index contributed by atoms with van der Waals surface area (Å²) >= 11 is 1.77. The van der Waals surface area contributed by atoms with Gasteiger partial charge in [-0.2, -0.15) is 0 Å². The van der Waals surface area contributed by atoms with Gasteiger partial charge >= 0.3 is 5.97 Å². The van der Waals surface area contributed by atoms with Crippen LogP contribution in [0, 0.1) is 11.3 Å². The number of hydrogen-bond acceptors (Lipinski definition) is 4. The number of anilines is 1. The van der Waals surface area contributed by atoms with Gasteiger partial charge in [-0.05, 0) is 44.4 Å². The fraction of sp³-hybridized carbons (Fsp3) is 0.765. The minimum absolute atomic E-state index is 0.160. The van der Waals surface area contributed by atoms with E-state index in [4.69, 9.17) is 10.1 Å². The maximum absolute atomic E-state index is 10.9. The molecule has 5 heteroatoms. The number of carboxylic acids is 1. The Kier molecular flexibility index (Phi) is 5.15. The van der Waals surface area contributed by atoms with Gasteiger partial charge in [0.25, 0.3) is 0 Å². The number of rotatable bonds is 5. The smallest absolute Gasteiger partial charge is 0.305 e. The van der Waals surface area contributed by atoms with Gasteiger partial charge in [-0.15, -0.1) is 11.3 Å². The van der Waals surface area contributed by atoms with Crippen molar-refractivity contribution in [1.29, 1.82) is 0 Å². The van der Waals surface area contributed by atoms with Gasteiger partial charge in [0.15, 0.2) is 5.13 Å². The number of fused-ring (bicyclic) bond motifs is 1. The van der Waals surface area contributed by atoms with E-state index in [-0.39, 0.29) is 12.5 Å². The number of thiazole rings is 1. The molecule has 22 heavy (non-hydrogen) atoms. The zero-order chi connectivity index (χ0) is 16.5. The molecule has 0 bridgehead atoms. The Balaban J connectivity index is 2.17. The van der Waals surface area contributed by atoms with Gasteiger partial charge in [0.05, 0.1) is 12.1 Å². The Morgan fingerprint density at radius 2 is 2.14 bits per heavy atom. The minimum Gasteiger partial charge on any atom is -0.481 e. The van der Waals surface area contributed by atoms with Crippen LogP contribution < -0.4 is 4.90 Å². The summed E-state index contributed by atoms with van der Waals surface area (Å²) in [6, 6.07) is 0.269. The monoisotopic (exact) mass is 324 g/mol. The lowest BCUT2D eigenvalue weighted by Crippen LogP contribution is -2.32. The molecule has 0 saturated carbocycles. The lowest BCUT2D eigenvalue weighted by Gasteiger charge is -2.33. The number of aryl methyl sites for hydroxylation is 1. The summed E-state index contributed by atoms with van der Waals surface area (Å²) < 4.78 is 0. The van der Waals surface area contributed by atoms with Crippen molar-refractivity contribution in [3.8, 4) is 0 Å². The highest BCUT2D eigenvalue weighted by molar-refractivity contribution is 7.15.